The molecule has 2 aromatic carbocycles. The predicted molar refractivity (Wildman–Crippen MR) is 89.8 cm³/mol. The van der Waals surface area contributed by atoms with Gasteiger partial charge in [0.15, 0.2) is 0 Å². The van der Waals surface area contributed by atoms with Crippen LogP contribution in [0.2, 0.25) is 0 Å². The van der Waals surface area contributed by atoms with Crippen LogP contribution in [0.25, 0.3) is 0 Å². The van der Waals surface area contributed by atoms with Crippen molar-refractivity contribution in [2.75, 3.05) is 19.7 Å². The van der Waals surface area contributed by atoms with Crippen molar-refractivity contribution in [3.8, 4) is 0 Å². The first-order chi connectivity index (χ1) is 11.1. The fourth-order valence-corrected chi connectivity index (χ4v) is 4.23. The molecule has 0 radical (unpaired) electrons. The maximum Gasteiger partial charge on any atom is 0.243 e. The van der Waals surface area contributed by atoms with Crippen LogP contribution < -0.4 is 0 Å². The molecule has 0 bridgehead atoms. The quantitative estimate of drug-likeness (QED) is 0.865. The second kappa shape index (κ2) is 6.83. The minimum absolute atomic E-state index is 0.105. The van der Waals surface area contributed by atoms with Gasteiger partial charge in [-0.2, -0.15) is 4.31 Å². The van der Waals surface area contributed by atoms with Crippen LogP contribution in [0.5, 0.6) is 0 Å². The van der Waals surface area contributed by atoms with Crippen molar-refractivity contribution in [3.63, 3.8) is 0 Å². The summed E-state index contributed by atoms with van der Waals surface area (Å²) in [7, 11) is -3.45. The number of hydrogen-bond donors (Lipinski definition) is 0. The first-order valence-electron chi connectivity index (χ1n) is 7.78. The lowest BCUT2D eigenvalue weighted by Crippen LogP contribution is -2.46. The van der Waals surface area contributed by atoms with E-state index in [2.05, 4.69) is 0 Å². The van der Waals surface area contributed by atoms with Crippen LogP contribution in [0.1, 0.15) is 11.1 Å². The SMILES string of the molecule is Cc1ccc(S(=O)(=O)N2CCO[C@H](Cc3ccccc3)C2)cc1. The van der Waals surface area contributed by atoms with Crippen molar-refractivity contribution in [1.29, 1.82) is 0 Å². The van der Waals surface area contributed by atoms with Gasteiger partial charge in [-0.3, -0.25) is 0 Å². The molecular weight excluding hydrogens is 310 g/mol. The minimum atomic E-state index is -3.45. The number of ether oxygens (including phenoxy) is 1. The molecule has 1 saturated heterocycles. The summed E-state index contributed by atoms with van der Waals surface area (Å²) in [6.45, 7) is 3.18. The van der Waals surface area contributed by atoms with Crippen LogP contribution in [-0.4, -0.2) is 38.5 Å². The van der Waals surface area contributed by atoms with E-state index in [1.54, 1.807) is 12.1 Å². The van der Waals surface area contributed by atoms with Gasteiger partial charge in [0.1, 0.15) is 0 Å². The molecule has 1 heterocycles. The molecule has 0 aliphatic carbocycles. The van der Waals surface area contributed by atoms with Gasteiger partial charge in [-0.05, 0) is 31.0 Å². The standard InChI is InChI=1S/C18H21NO3S/c1-15-7-9-18(10-8-15)23(20,21)19-11-12-22-17(14-19)13-16-5-3-2-4-6-16/h2-10,17H,11-14H2,1H3/t17-/m1/s1. The molecule has 0 amide bonds. The van der Waals surface area contributed by atoms with E-state index in [4.69, 9.17) is 4.74 Å². The fraction of sp³-hybridized carbons (Fsp3) is 0.333. The van der Waals surface area contributed by atoms with Crippen LogP contribution >= 0.6 is 0 Å². The third-order valence-electron chi connectivity index (χ3n) is 4.07. The molecule has 0 N–H and O–H groups in total. The van der Waals surface area contributed by atoms with Gasteiger partial charge in [-0.15, -0.1) is 0 Å². The number of morpholine rings is 1. The summed E-state index contributed by atoms with van der Waals surface area (Å²) < 4.78 is 32.8. The normalized spacial score (nSPS) is 19.6. The van der Waals surface area contributed by atoms with E-state index >= 15 is 0 Å². The molecule has 1 aliphatic heterocycles. The van der Waals surface area contributed by atoms with Gasteiger partial charge in [-0.25, -0.2) is 8.42 Å². The van der Waals surface area contributed by atoms with Crippen molar-refractivity contribution >= 4 is 10.0 Å². The van der Waals surface area contributed by atoms with Crippen LogP contribution in [0, 0.1) is 6.92 Å². The third kappa shape index (κ3) is 3.80. The summed E-state index contributed by atoms with van der Waals surface area (Å²) in [6.07, 6.45) is 0.618. The smallest absolute Gasteiger partial charge is 0.243 e. The molecule has 4 nitrogen and oxygen atoms in total. The van der Waals surface area contributed by atoms with E-state index in [1.165, 1.54) is 4.31 Å². The minimum Gasteiger partial charge on any atom is -0.375 e. The molecule has 2 aromatic rings. The Labute approximate surface area is 137 Å². The summed E-state index contributed by atoms with van der Waals surface area (Å²) >= 11 is 0. The molecular formula is C18H21NO3S. The average molecular weight is 331 g/mol. The fourth-order valence-electron chi connectivity index (χ4n) is 2.77. The van der Waals surface area contributed by atoms with Crippen LogP contribution in [0.15, 0.2) is 59.5 Å². The lowest BCUT2D eigenvalue weighted by atomic mass is 10.1. The highest BCUT2D eigenvalue weighted by Crippen LogP contribution is 2.20. The first kappa shape index (κ1) is 16.2. The Hall–Kier alpha value is -1.69. The molecule has 0 unspecified atom stereocenters. The third-order valence-corrected chi connectivity index (χ3v) is 5.95. The molecule has 0 saturated carbocycles. The molecule has 1 atom stereocenters. The molecule has 5 heteroatoms. The molecule has 1 aliphatic rings. The average Bonchev–Trinajstić information content (AvgIpc) is 2.56. The van der Waals surface area contributed by atoms with Crippen molar-refractivity contribution in [3.05, 3.63) is 65.7 Å². The lowest BCUT2D eigenvalue weighted by Gasteiger charge is -2.32. The van der Waals surface area contributed by atoms with Crippen molar-refractivity contribution in [2.24, 2.45) is 0 Å². The zero-order valence-corrected chi connectivity index (χ0v) is 14.0. The maximum atomic E-state index is 12.8. The van der Waals surface area contributed by atoms with Crippen LogP contribution in [0.3, 0.4) is 0 Å². The summed E-state index contributed by atoms with van der Waals surface area (Å²) in [5.41, 5.74) is 2.21. The number of hydrogen-bond acceptors (Lipinski definition) is 3. The van der Waals surface area contributed by atoms with Gasteiger partial charge in [0.05, 0.1) is 17.6 Å². The van der Waals surface area contributed by atoms with Crippen molar-refractivity contribution in [2.45, 2.75) is 24.3 Å². The van der Waals surface area contributed by atoms with Gasteiger partial charge >= 0.3 is 0 Å². The van der Waals surface area contributed by atoms with E-state index < -0.39 is 10.0 Å². The van der Waals surface area contributed by atoms with Gasteiger partial charge < -0.3 is 4.74 Å². The number of benzene rings is 2. The Balaban J connectivity index is 1.74. The van der Waals surface area contributed by atoms with Crippen LogP contribution in [0.4, 0.5) is 0 Å². The zero-order valence-electron chi connectivity index (χ0n) is 13.2. The molecule has 0 aromatic heterocycles. The van der Waals surface area contributed by atoms with Crippen molar-refractivity contribution in [1.82, 2.24) is 4.31 Å². The Kier molecular flexibility index (Phi) is 4.80. The number of nitrogens with zero attached hydrogens (tertiary/aromatic N) is 1. The summed E-state index contributed by atoms with van der Waals surface area (Å²) in [6, 6.07) is 17.0. The molecule has 1 fully saturated rings. The monoisotopic (exact) mass is 331 g/mol. The van der Waals surface area contributed by atoms with Gasteiger partial charge in [0.25, 0.3) is 0 Å². The zero-order chi connectivity index (χ0) is 16.3. The largest absolute Gasteiger partial charge is 0.375 e. The highest BCUT2D eigenvalue weighted by atomic mass is 32.2. The van der Waals surface area contributed by atoms with E-state index in [0.717, 1.165) is 17.5 Å². The van der Waals surface area contributed by atoms with Crippen molar-refractivity contribution < 1.29 is 13.2 Å². The topological polar surface area (TPSA) is 46.6 Å². The molecule has 122 valence electrons. The Bertz CT molecular complexity index is 742. The summed E-state index contributed by atoms with van der Waals surface area (Å²) in [4.78, 5) is 0.350. The number of sulfonamides is 1. The first-order valence-corrected chi connectivity index (χ1v) is 9.22. The van der Waals surface area contributed by atoms with Gasteiger partial charge in [-0.1, -0.05) is 48.0 Å². The number of rotatable bonds is 4. The van der Waals surface area contributed by atoms with E-state index in [9.17, 15) is 8.42 Å². The molecule has 23 heavy (non-hydrogen) atoms. The van der Waals surface area contributed by atoms with E-state index in [1.807, 2.05) is 49.4 Å². The molecule has 0 spiro atoms. The molecule has 3 rings (SSSR count). The van der Waals surface area contributed by atoms with Gasteiger partial charge in [0.2, 0.25) is 10.0 Å². The second-order valence-electron chi connectivity index (χ2n) is 5.86. The summed E-state index contributed by atoms with van der Waals surface area (Å²) in [5, 5.41) is 0. The maximum absolute atomic E-state index is 12.8. The highest BCUT2D eigenvalue weighted by Gasteiger charge is 2.30. The Morgan fingerprint density at radius 2 is 1.78 bits per heavy atom. The summed E-state index contributed by atoms with van der Waals surface area (Å²) in [5.74, 6) is 0. The Morgan fingerprint density at radius 3 is 2.48 bits per heavy atom. The number of aryl methyl sites for hydroxylation is 1. The highest BCUT2D eigenvalue weighted by molar-refractivity contribution is 7.89. The van der Waals surface area contributed by atoms with Crippen LogP contribution in [-0.2, 0) is 21.2 Å². The lowest BCUT2D eigenvalue weighted by molar-refractivity contribution is -0.000494. The van der Waals surface area contributed by atoms with Gasteiger partial charge in [0, 0.05) is 13.1 Å². The Morgan fingerprint density at radius 1 is 1.09 bits per heavy atom. The van der Waals surface area contributed by atoms with E-state index in [0.29, 0.717) is 24.6 Å². The second-order valence-corrected chi connectivity index (χ2v) is 7.80. The predicted octanol–water partition coefficient (Wildman–Crippen LogP) is 2.63. The van der Waals surface area contributed by atoms with E-state index in [-0.39, 0.29) is 6.10 Å².